The summed E-state index contributed by atoms with van der Waals surface area (Å²) in [6, 6.07) is 18.6. The first kappa shape index (κ1) is 16.6. The van der Waals surface area contributed by atoms with E-state index < -0.39 is 5.54 Å². The van der Waals surface area contributed by atoms with E-state index in [2.05, 4.69) is 29.2 Å². The van der Waals surface area contributed by atoms with Gasteiger partial charge in [-0.05, 0) is 42.0 Å². The van der Waals surface area contributed by atoms with Crippen LogP contribution in [0.5, 0.6) is 5.75 Å². The zero-order valence-electron chi connectivity index (χ0n) is 15.5. The van der Waals surface area contributed by atoms with Crippen molar-refractivity contribution >= 4 is 11.5 Å². The molecule has 0 bridgehead atoms. The second kappa shape index (κ2) is 6.24. The molecule has 0 amide bonds. The second-order valence-corrected chi connectivity index (χ2v) is 7.50. The number of hydrogen-bond donors (Lipinski definition) is 0. The number of esters is 1. The smallest absolute Gasteiger partial charge is 0.331 e. The van der Waals surface area contributed by atoms with Crippen molar-refractivity contribution in [1.82, 2.24) is 4.90 Å². The molecule has 0 radical (unpaired) electrons. The van der Waals surface area contributed by atoms with E-state index >= 15 is 0 Å². The molecule has 4 nitrogen and oxygen atoms in total. The van der Waals surface area contributed by atoms with Crippen molar-refractivity contribution in [3.05, 3.63) is 71.3 Å². The van der Waals surface area contributed by atoms with Crippen LogP contribution in [0.2, 0.25) is 0 Å². The number of ether oxygens (including phenoxy) is 2. The zero-order valence-corrected chi connectivity index (χ0v) is 15.5. The van der Waals surface area contributed by atoms with Crippen molar-refractivity contribution < 1.29 is 14.3 Å². The highest BCUT2D eigenvalue weighted by Gasteiger charge is 2.59. The summed E-state index contributed by atoms with van der Waals surface area (Å²) in [5, 5.41) is 0. The monoisotopic (exact) mass is 361 g/mol. The number of carbonyl (C=O) groups is 1. The molecule has 2 atom stereocenters. The van der Waals surface area contributed by atoms with Gasteiger partial charge in [0, 0.05) is 12.1 Å². The Hall–Kier alpha value is -2.59. The van der Waals surface area contributed by atoms with Gasteiger partial charge in [-0.25, -0.2) is 4.79 Å². The van der Waals surface area contributed by atoms with Crippen LogP contribution in [0.25, 0.3) is 5.57 Å². The van der Waals surface area contributed by atoms with Crippen molar-refractivity contribution in [2.45, 2.75) is 30.8 Å². The predicted octanol–water partition coefficient (Wildman–Crippen LogP) is 3.99. The molecule has 0 aliphatic carbocycles. The van der Waals surface area contributed by atoms with Crippen LogP contribution < -0.4 is 4.74 Å². The van der Waals surface area contributed by atoms with E-state index in [0.29, 0.717) is 6.61 Å². The number of piperidine rings is 1. The summed E-state index contributed by atoms with van der Waals surface area (Å²) < 4.78 is 11.5. The van der Waals surface area contributed by atoms with Crippen LogP contribution >= 0.6 is 0 Å². The fourth-order valence-corrected chi connectivity index (χ4v) is 5.23. The average molecular weight is 361 g/mol. The van der Waals surface area contributed by atoms with Gasteiger partial charge in [0.2, 0.25) is 0 Å². The van der Waals surface area contributed by atoms with E-state index in [1.54, 1.807) is 0 Å². The molecule has 4 heteroatoms. The van der Waals surface area contributed by atoms with E-state index in [1.165, 1.54) is 12.7 Å². The van der Waals surface area contributed by atoms with Crippen molar-refractivity contribution in [3.63, 3.8) is 0 Å². The highest BCUT2D eigenvalue weighted by molar-refractivity contribution is 6.01. The Labute approximate surface area is 159 Å². The summed E-state index contributed by atoms with van der Waals surface area (Å²) in [5.74, 6) is 0.769. The lowest BCUT2D eigenvalue weighted by Crippen LogP contribution is -2.56. The summed E-state index contributed by atoms with van der Waals surface area (Å²) >= 11 is 0. The van der Waals surface area contributed by atoms with Gasteiger partial charge in [0.15, 0.2) is 0 Å². The van der Waals surface area contributed by atoms with Crippen LogP contribution in [0, 0.1) is 0 Å². The van der Waals surface area contributed by atoms with E-state index in [1.807, 2.05) is 30.3 Å². The molecule has 2 aromatic carbocycles. The molecule has 2 aromatic rings. The van der Waals surface area contributed by atoms with Crippen LogP contribution in [0.1, 0.15) is 36.4 Å². The molecule has 0 spiro atoms. The summed E-state index contributed by atoms with van der Waals surface area (Å²) in [7, 11) is 1.50. The average Bonchev–Trinajstić information content (AvgIpc) is 3.05. The number of hydrogen-bond acceptors (Lipinski definition) is 4. The van der Waals surface area contributed by atoms with Crippen LogP contribution in [0.15, 0.2) is 60.2 Å². The summed E-state index contributed by atoms with van der Waals surface area (Å²) in [6.45, 7) is 1.40. The first-order chi connectivity index (χ1) is 13.3. The molecule has 0 unspecified atom stereocenters. The maximum Gasteiger partial charge on any atom is 0.331 e. The number of rotatable bonds is 2. The Morgan fingerprint density at radius 2 is 1.89 bits per heavy atom. The third-order valence-electron chi connectivity index (χ3n) is 6.24. The highest BCUT2D eigenvalue weighted by Crippen LogP contribution is 2.57. The van der Waals surface area contributed by atoms with Gasteiger partial charge in [0.25, 0.3) is 0 Å². The molecule has 0 N–H and O–H groups in total. The molecule has 27 heavy (non-hydrogen) atoms. The van der Waals surface area contributed by atoms with Gasteiger partial charge in [-0.1, -0.05) is 48.5 Å². The molecule has 5 rings (SSSR count). The van der Waals surface area contributed by atoms with E-state index in [-0.39, 0.29) is 12.0 Å². The van der Waals surface area contributed by atoms with Gasteiger partial charge in [-0.2, -0.15) is 0 Å². The third-order valence-corrected chi connectivity index (χ3v) is 6.24. The van der Waals surface area contributed by atoms with Gasteiger partial charge in [-0.15, -0.1) is 0 Å². The maximum absolute atomic E-state index is 13.3. The van der Waals surface area contributed by atoms with Crippen LogP contribution in [-0.4, -0.2) is 36.7 Å². The minimum Gasteiger partial charge on any atom is -0.489 e. The molecule has 3 heterocycles. The molecule has 1 saturated heterocycles. The largest absolute Gasteiger partial charge is 0.489 e. The van der Waals surface area contributed by atoms with Gasteiger partial charge in [0.1, 0.15) is 17.9 Å². The normalized spacial score (nSPS) is 26.6. The van der Waals surface area contributed by atoms with Crippen LogP contribution in [-0.2, 0) is 9.53 Å². The molecular formula is C23H23NO3. The summed E-state index contributed by atoms with van der Waals surface area (Å²) in [5.41, 5.74) is 3.81. The van der Waals surface area contributed by atoms with Crippen molar-refractivity contribution in [3.8, 4) is 5.75 Å². The predicted molar refractivity (Wildman–Crippen MR) is 103 cm³/mol. The minimum absolute atomic E-state index is 0.0737. The molecule has 138 valence electrons. The Morgan fingerprint density at radius 3 is 2.70 bits per heavy atom. The van der Waals surface area contributed by atoms with Gasteiger partial charge in [-0.3, -0.25) is 4.90 Å². The van der Waals surface area contributed by atoms with Crippen LogP contribution in [0.3, 0.4) is 0 Å². The van der Waals surface area contributed by atoms with E-state index in [0.717, 1.165) is 48.3 Å². The first-order valence-electron chi connectivity index (χ1n) is 9.63. The van der Waals surface area contributed by atoms with Crippen LogP contribution in [0.4, 0.5) is 0 Å². The van der Waals surface area contributed by atoms with E-state index in [9.17, 15) is 4.79 Å². The lowest BCUT2D eigenvalue weighted by Gasteiger charge is -2.44. The Bertz CT molecular complexity index is 920. The SMILES string of the molecule is COC(=O)[C@@]12CCCCN1[C@H]1C(=C2c2ccccc2)COc2ccccc21. The molecular weight excluding hydrogens is 338 g/mol. The Kier molecular flexibility index (Phi) is 3.83. The van der Waals surface area contributed by atoms with Gasteiger partial charge in [0.05, 0.1) is 13.2 Å². The summed E-state index contributed by atoms with van der Waals surface area (Å²) in [4.78, 5) is 15.6. The standard InChI is InChI=1S/C23H23NO3/c1-26-22(25)23-13-7-8-14-24(23)21-17-11-5-6-12-19(17)27-15-18(21)20(23)16-9-3-2-4-10-16/h2-6,9-12,21H,7-8,13-15H2,1H3/t21-,23+/m1/s1. The number of nitrogens with zero attached hydrogens (tertiary/aromatic N) is 1. The minimum atomic E-state index is -0.727. The Balaban J connectivity index is 1.80. The number of para-hydroxylation sites is 1. The van der Waals surface area contributed by atoms with E-state index in [4.69, 9.17) is 9.47 Å². The van der Waals surface area contributed by atoms with Gasteiger partial charge < -0.3 is 9.47 Å². The maximum atomic E-state index is 13.3. The molecule has 0 aromatic heterocycles. The summed E-state index contributed by atoms with van der Waals surface area (Å²) in [6.07, 6.45) is 2.89. The molecule has 0 saturated carbocycles. The zero-order chi connectivity index (χ0) is 18.4. The fraction of sp³-hybridized carbons (Fsp3) is 0.348. The topological polar surface area (TPSA) is 38.8 Å². The molecule has 1 fully saturated rings. The van der Waals surface area contributed by atoms with Crippen molar-refractivity contribution in [1.29, 1.82) is 0 Å². The highest BCUT2D eigenvalue weighted by atomic mass is 16.5. The lowest BCUT2D eigenvalue weighted by molar-refractivity contribution is -0.153. The quantitative estimate of drug-likeness (QED) is 0.759. The molecule has 3 aliphatic heterocycles. The number of methoxy groups -OCH3 is 1. The number of benzene rings is 2. The number of fused-ring (bicyclic) bond motifs is 5. The Morgan fingerprint density at radius 1 is 1.11 bits per heavy atom. The van der Waals surface area contributed by atoms with Crippen molar-refractivity contribution in [2.75, 3.05) is 20.3 Å². The van der Waals surface area contributed by atoms with Crippen molar-refractivity contribution in [2.24, 2.45) is 0 Å². The molecule has 3 aliphatic rings. The number of carbonyl (C=O) groups excluding carboxylic acids is 1. The fourth-order valence-electron chi connectivity index (χ4n) is 5.23. The first-order valence-corrected chi connectivity index (χ1v) is 9.63. The second-order valence-electron chi connectivity index (χ2n) is 7.50. The third kappa shape index (κ3) is 2.23. The van der Waals surface area contributed by atoms with Gasteiger partial charge >= 0.3 is 5.97 Å². The lowest BCUT2D eigenvalue weighted by atomic mass is 9.78.